The molecule has 1 aromatic heterocycles. The second-order valence-corrected chi connectivity index (χ2v) is 8.62. The molecule has 0 aliphatic carbocycles. The van der Waals surface area contributed by atoms with Crippen LogP contribution >= 0.6 is 11.3 Å². The average molecular weight is 444 g/mol. The van der Waals surface area contributed by atoms with E-state index >= 15 is 0 Å². The predicted octanol–water partition coefficient (Wildman–Crippen LogP) is 2.62. The third-order valence-corrected chi connectivity index (χ3v) is 4.95. The molecule has 9 heteroatoms. The molecule has 1 unspecified atom stereocenters. The monoisotopic (exact) mass is 443 g/mol. The van der Waals surface area contributed by atoms with Crippen LogP contribution in [0.15, 0.2) is 17.5 Å². The van der Waals surface area contributed by atoms with Crippen molar-refractivity contribution in [2.75, 3.05) is 19.8 Å². The van der Waals surface area contributed by atoms with Crippen LogP contribution in [0.5, 0.6) is 0 Å². The lowest BCUT2D eigenvalue weighted by Crippen LogP contribution is -2.63. The Balaban J connectivity index is 3.04. The van der Waals surface area contributed by atoms with Crippen molar-refractivity contribution < 1.29 is 33.3 Å². The van der Waals surface area contributed by atoms with E-state index in [-0.39, 0.29) is 32.7 Å². The first-order valence-electron chi connectivity index (χ1n) is 10.0. The highest BCUT2D eigenvalue weighted by Gasteiger charge is 2.55. The third kappa shape index (κ3) is 7.70. The van der Waals surface area contributed by atoms with Gasteiger partial charge in [-0.1, -0.05) is 6.07 Å². The minimum atomic E-state index is -2.16. The molecule has 1 aromatic rings. The van der Waals surface area contributed by atoms with Gasteiger partial charge in [-0.3, -0.25) is 4.79 Å². The van der Waals surface area contributed by atoms with Crippen molar-refractivity contribution in [1.82, 2.24) is 0 Å². The summed E-state index contributed by atoms with van der Waals surface area (Å²) in [6.45, 7) is 8.61. The Labute approximate surface area is 182 Å². The lowest BCUT2D eigenvalue weighted by atomic mass is 9.90. The van der Waals surface area contributed by atoms with Gasteiger partial charge in [-0.2, -0.15) is 0 Å². The molecule has 1 atom stereocenters. The largest absolute Gasteiger partial charge is 0.463 e. The molecule has 0 aliphatic rings. The first kappa shape index (κ1) is 26.1. The van der Waals surface area contributed by atoms with Gasteiger partial charge < -0.3 is 24.7 Å². The van der Waals surface area contributed by atoms with Crippen LogP contribution in [0.25, 0.3) is 0 Å². The van der Waals surface area contributed by atoms with Crippen molar-refractivity contribution in [2.45, 2.75) is 71.1 Å². The van der Waals surface area contributed by atoms with Gasteiger partial charge >= 0.3 is 17.9 Å². The number of hydrogen-bond donors (Lipinski definition) is 1. The molecule has 0 aromatic carbocycles. The molecule has 170 valence electrons. The van der Waals surface area contributed by atoms with Crippen LogP contribution in [0.4, 0.5) is 0 Å². The number of nitrogens with two attached hydrogens (primary N) is 1. The number of esters is 3. The fourth-order valence-corrected chi connectivity index (χ4v) is 3.41. The summed E-state index contributed by atoms with van der Waals surface area (Å²) in [5.74, 6) is -2.34. The molecule has 0 fully saturated rings. The molecule has 1 heterocycles. The number of rotatable bonds is 12. The quantitative estimate of drug-likeness (QED) is 0.298. The second kappa shape index (κ2) is 12.0. The van der Waals surface area contributed by atoms with Gasteiger partial charge in [-0.05, 0) is 52.5 Å². The van der Waals surface area contributed by atoms with Crippen LogP contribution in [0.2, 0.25) is 0 Å². The normalized spacial score (nSPS) is 12.9. The number of carbonyl (C=O) groups excluding carboxylic acids is 3. The Bertz CT molecular complexity index is 664. The third-order valence-electron chi connectivity index (χ3n) is 4.02. The van der Waals surface area contributed by atoms with Crippen LogP contribution in [-0.2, 0) is 39.8 Å². The maximum absolute atomic E-state index is 12.8. The summed E-state index contributed by atoms with van der Waals surface area (Å²) in [7, 11) is 0. The van der Waals surface area contributed by atoms with E-state index in [4.69, 9.17) is 24.7 Å². The van der Waals surface area contributed by atoms with Crippen molar-refractivity contribution in [1.29, 1.82) is 0 Å². The van der Waals surface area contributed by atoms with Crippen molar-refractivity contribution in [3.8, 4) is 0 Å². The number of thiophene rings is 1. The Kier molecular flexibility index (Phi) is 10.4. The highest BCUT2D eigenvalue weighted by molar-refractivity contribution is 7.09. The molecule has 0 saturated heterocycles. The molecule has 0 radical (unpaired) electrons. The average Bonchev–Trinajstić information content (AvgIpc) is 3.15. The van der Waals surface area contributed by atoms with Gasteiger partial charge in [0.1, 0.15) is 5.60 Å². The van der Waals surface area contributed by atoms with E-state index in [1.54, 1.807) is 34.6 Å². The highest BCUT2D eigenvalue weighted by atomic mass is 32.1. The van der Waals surface area contributed by atoms with Crippen LogP contribution in [0.3, 0.4) is 0 Å². The molecule has 0 amide bonds. The summed E-state index contributed by atoms with van der Waals surface area (Å²) >= 11 is 1.53. The molecular formula is C21H33NO7S. The number of carbonyl (C=O) groups is 3. The van der Waals surface area contributed by atoms with Gasteiger partial charge in [0, 0.05) is 17.7 Å². The van der Waals surface area contributed by atoms with E-state index < -0.39 is 35.2 Å². The smallest absolute Gasteiger partial charge is 0.352 e. The van der Waals surface area contributed by atoms with E-state index in [1.165, 1.54) is 11.3 Å². The van der Waals surface area contributed by atoms with Gasteiger partial charge in [0.2, 0.25) is 0 Å². The number of ether oxygens (including phenoxy) is 4. The Morgan fingerprint density at radius 3 is 2.17 bits per heavy atom. The zero-order valence-corrected chi connectivity index (χ0v) is 19.2. The predicted molar refractivity (Wildman–Crippen MR) is 113 cm³/mol. The molecular weight excluding hydrogens is 410 g/mol. The molecule has 0 spiro atoms. The van der Waals surface area contributed by atoms with Crippen molar-refractivity contribution in [3.63, 3.8) is 0 Å². The van der Waals surface area contributed by atoms with Gasteiger partial charge in [0.15, 0.2) is 0 Å². The first-order chi connectivity index (χ1) is 14.1. The Morgan fingerprint density at radius 1 is 1.10 bits per heavy atom. The van der Waals surface area contributed by atoms with E-state index in [0.717, 1.165) is 4.88 Å². The molecule has 30 heavy (non-hydrogen) atoms. The molecule has 0 saturated carbocycles. The van der Waals surface area contributed by atoms with Gasteiger partial charge in [0.05, 0.1) is 25.9 Å². The van der Waals surface area contributed by atoms with Crippen molar-refractivity contribution >= 4 is 29.2 Å². The van der Waals surface area contributed by atoms with Crippen molar-refractivity contribution in [3.05, 3.63) is 22.4 Å². The van der Waals surface area contributed by atoms with Crippen LogP contribution in [0.1, 0.15) is 52.3 Å². The zero-order valence-electron chi connectivity index (χ0n) is 18.4. The van der Waals surface area contributed by atoms with Gasteiger partial charge in [0.25, 0.3) is 5.60 Å². The maximum Gasteiger partial charge on any atom is 0.352 e. The summed E-state index contributed by atoms with van der Waals surface area (Å²) < 4.78 is 21.3. The molecule has 0 bridgehead atoms. The lowest BCUT2D eigenvalue weighted by molar-refractivity contribution is -0.194. The van der Waals surface area contributed by atoms with E-state index in [9.17, 15) is 14.4 Å². The minimum absolute atomic E-state index is 0.0223. The summed E-state index contributed by atoms with van der Waals surface area (Å²) in [6.07, 6.45) is 0.371. The SMILES string of the molecule is CCOC(=O)C(OCCc1cccs1)(C(=O)OCC)C(N)CCC(=O)OC(C)(C)C. The van der Waals surface area contributed by atoms with Crippen LogP contribution in [-0.4, -0.2) is 55.0 Å². The minimum Gasteiger partial charge on any atom is -0.463 e. The second-order valence-electron chi connectivity index (χ2n) is 7.59. The van der Waals surface area contributed by atoms with E-state index in [2.05, 4.69) is 0 Å². The van der Waals surface area contributed by atoms with E-state index in [1.807, 2.05) is 17.5 Å². The van der Waals surface area contributed by atoms with Gasteiger partial charge in [-0.25, -0.2) is 9.59 Å². The topological polar surface area (TPSA) is 114 Å². The van der Waals surface area contributed by atoms with Crippen molar-refractivity contribution in [2.24, 2.45) is 5.73 Å². The summed E-state index contributed by atoms with van der Waals surface area (Å²) in [6, 6.07) is 2.66. The molecule has 1 rings (SSSR count). The lowest BCUT2D eigenvalue weighted by Gasteiger charge is -2.34. The summed E-state index contributed by atoms with van der Waals surface area (Å²) in [4.78, 5) is 38.8. The fraction of sp³-hybridized carbons (Fsp3) is 0.667. The summed E-state index contributed by atoms with van der Waals surface area (Å²) in [5.41, 5.74) is 3.44. The molecule has 8 nitrogen and oxygen atoms in total. The van der Waals surface area contributed by atoms with Gasteiger partial charge in [-0.15, -0.1) is 11.3 Å². The fourth-order valence-electron chi connectivity index (χ4n) is 2.72. The number of hydrogen-bond acceptors (Lipinski definition) is 9. The first-order valence-corrected chi connectivity index (χ1v) is 10.9. The maximum atomic E-state index is 12.8. The molecule has 2 N–H and O–H groups in total. The van der Waals surface area contributed by atoms with Crippen LogP contribution in [0, 0.1) is 0 Å². The summed E-state index contributed by atoms with van der Waals surface area (Å²) in [5, 5.41) is 1.92. The Morgan fingerprint density at radius 2 is 1.70 bits per heavy atom. The highest BCUT2D eigenvalue weighted by Crippen LogP contribution is 2.25. The molecule has 0 aliphatic heterocycles. The van der Waals surface area contributed by atoms with Crippen LogP contribution < -0.4 is 5.73 Å². The van der Waals surface area contributed by atoms with E-state index in [0.29, 0.717) is 6.42 Å². The Hall–Kier alpha value is -1.97. The zero-order chi connectivity index (χ0) is 22.8. The standard InChI is InChI=1S/C21H33NO7S/c1-6-26-18(24)21(19(25)27-7-2,28-13-12-15-9-8-14-30-15)16(22)10-11-17(23)29-20(3,4)5/h8-9,14,16H,6-7,10-13,22H2,1-5H3.